The van der Waals surface area contributed by atoms with Crippen molar-refractivity contribution in [3.05, 3.63) is 34.8 Å². The minimum atomic E-state index is -0.403. The van der Waals surface area contributed by atoms with Crippen molar-refractivity contribution in [3.8, 4) is 0 Å². The first-order chi connectivity index (χ1) is 10.6. The standard InChI is InChI=1S/C17H22N2O3/c1-12-6-2-3-7-13(12)18-16(20)10-11-19-14-8-4-5-9-15(14)22-17(19)21/h4-5,8-9,12-13H,2-3,6-7,10-11H2,1H3,(H,18,20)/t12-,13-/m1/s1. The zero-order chi connectivity index (χ0) is 15.5. The number of hydrogen-bond donors (Lipinski definition) is 1. The van der Waals surface area contributed by atoms with Crippen LogP contribution in [0.5, 0.6) is 0 Å². The number of carbonyl (C=O) groups is 1. The van der Waals surface area contributed by atoms with Gasteiger partial charge in [0.1, 0.15) is 0 Å². The quantitative estimate of drug-likeness (QED) is 0.944. The van der Waals surface area contributed by atoms with E-state index in [1.54, 1.807) is 6.07 Å². The summed E-state index contributed by atoms with van der Waals surface area (Å²) in [6, 6.07) is 7.56. The Morgan fingerprint density at radius 3 is 2.91 bits per heavy atom. The number of benzene rings is 1. The van der Waals surface area contributed by atoms with Crippen LogP contribution in [-0.4, -0.2) is 16.5 Å². The normalized spacial score (nSPS) is 21.9. The van der Waals surface area contributed by atoms with Crippen LogP contribution in [0.1, 0.15) is 39.0 Å². The van der Waals surface area contributed by atoms with E-state index in [4.69, 9.17) is 4.42 Å². The average Bonchev–Trinajstić information content (AvgIpc) is 2.83. The monoisotopic (exact) mass is 302 g/mol. The first-order valence-electron chi connectivity index (χ1n) is 8.03. The van der Waals surface area contributed by atoms with Crippen molar-refractivity contribution in [2.24, 2.45) is 5.92 Å². The van der Waals surface area contributed by atoms with E-state index < -0.39 is 5.76 Å². The molecule has 1 fully saturated rings. The van der Waals surface area contributed by atoms with E-state index in [0.29, 0.717) is 24.5 Å². The summed E-state index contributed by atoms with van der Waals surface area (Å²) < 4.78 is 6.70. The maximum absolute atomic E-state index is 12.1. The molecule has 2 aromatic rings. The number of hydrogen-bond acceptors (Lipinski definition) is 3. The molecule has 1 aliphatic rings. The molecule has 118 valence electrons. The maximum Gasteiger partial charge on any atom is 0.419 e. The van der Waals surface area contributed by atoms with Gasteiger partial charge in [-0.25, -0.2) is 4.79 Å². The van der Waals surface area contributed by atoms with Crippen LogP contribution in [0.15, 0.2) is 33.5 Å². The number of aryl methyl sites for hydroxylation is 1. The Kier molecular flexibility index (Phi) is 4.32. The predicted molar refractivity (Wildman–Crippen MR) is 84.7 cm³/mol. The zero-order valence-corrected chi connectivity index (χ0v) is 12.9. The van der Waals surface area contributed by atoms with Gasteiger partial charge in [-0.15, -0.1) is 0 Å². The summed E-state index contributed by atoms with van der Waals surface area (Å²) in [6.45, 7) is 2.54. The van der Waals surface area contributed by atoms with E-state index in [1.165, 1.54) is 23.8 Å². The fourth-order valence-corrected chi connectivity index (χ4v) is 3.25. The zero-order valence-electron chi connectivity index (χ0n) is 12.9. The highest BCUT2D eigenvalue weighted by molar-refractivity contribution is 5.77. The van der Waals surface area contributed by atoms with E-state index in [2.05, 4.69) is 12.2 Å². The number of carbonyl (C=O) groups excluding carboxylic acids is 1. The largest absolute Gasteiger partial charge is 0.419 e. The number of fused-ring (bicyclic) bond motifs is 1. The van der Waals surface area contributed by atoms with Crippen molar-refractivity contribution in [1.29, 1.82) is 0 Å². The Labute approximate surface area is 129 Å². The molecule has 1 N–H and O–H groups in total. The summed E-state index contributed by atoms with van der Waals surface area (Å²) in [5.41, 5.74) is 1.31. The molecule has 5 heteroatoms. The van der Waals surface area contributed by atoms with Crippen LogP contribution in [0.3, 0.4) is 0 Å². The lowest BCUT2D eigenvalue weighted by Crippen LogP contribution is -2.41. The molecule has 3 rings (SSSR count). The highest BCUT2D eigenvalue weighted by atomic mass is 16.4. The Morgan fingerprint density at radius 1 is 1.32 bits per heavy atom. The fourth-order valence-electron chi connectivity index (χ4n) is 3.25. The molecule has 22 heavy (non-hydrogen) atoms. The number of rotatable bonds is 4. The molecule has 0 bridgehead atoms. The molecule has 1 aromatic carbocycles. The molecule has 5 nitrogen and oxygen atoms in total. The van der Waals surface area contributed by atoms with Gasteiger partial charge in [-0.2, -0.15) is 0 Å². The van der Waals surface area contributed by atoms with E-state index in [1.807, 2.05) is 18.2 Å². The maximum atomic E-state index is 12.1. The lowest BCUT2D eigenvalue weighted by molar-refractivity contribution is -0.122. The number of aromatic nitrogens is 1. The number of para-hydroxylation sites is 2. The molecule has 0 aliphatic heterocycles. The lowest BCUT2D eigenvalue weighted by Gasteiger charge is -2.29. The van der Waals surface area contributed by atoms with E-state index >= 15 is 0 Å². The van der Waals surface area contributed by atoms with Crippen molar-refractivity contribution in [3.63, 3.8) is 0 Å². The third kappa shape index (κ3) is 3.08. The third-order valence-electron chi connectivity index (χ3n) is 4.59. The fraction of sp³-hybridized carbons (Fsp3) is 0.529. The van der Waals surface area contributed by atoms with Crippen LogP contribution < -0.4 is 11.1 Å². The van der Waals surface area contributed by atoms with Gasteiger partial charge >= 0.3 is 5.76 Å². The lowest BCUT2D eigenvalue weighted by atomic mass is 9.86. The Morgan fingerprint density at radius 2 is 2.09 bits per heavy atom. The SMILES string of the molecule is C[C@@H]1CCCC[C@H]1NC(=O)CCn1c(=O)oc2ccccc21. The summed E-state index contributed by atoms with van der Waals surface area (Å²) >= 11 is 0. The van der Waals surface area contributed by atoms with Gasteiger partial charge in [-0.3, -0.25) is 9.36 Å². The van der Waals surface area contributed by atoms with Crippen molar-refractivity contribution < 1.29 is 9.21 Å². The van der Waals surface area contributed by atoms with Gasteiger partial charge in [0.25, 0.3) is 0 Å². The molecular formula is C17H22N2O3. The second kappa shape index (κ2) is 6.38. The Hall–Kier alpha value is -2.04. The van der Waals surface area contributed by atoms with Crippen LogP contribution in [-0.2, 0) is 11.3 Å². The van der Waals surface area contributed by atoms with Crippen LogP contribution in [0.2, 0.25) is 0 Å². The minimum Gasteiger partial charge on any atom is -0.408 e. The van der Waals surface area contributed by atoms with E-state index in [9.17, 15) is 9.59 Å². The van der Waals surface area contributed by atoms with Crippen molar-refractivity contribution in [2.75, 3.05) is 0 Å². The van der Waals surface area contributed by atoms with Gasteiger partial charge in [0.05, 0.1) is 5.52 Å². The average molecular weight is 302 g/mol. The second-order valence-corrected chi connectivity index (χ2v) is 6.17. The number of nitrogens with one attached hydrogen (secondary N) is 1. The predicted octanol–water partition coefficient (Wildman–Crippen LogP) is 2.68. The molecule has 1 saturated carbocycles. The Bertz CT molecular complexity index is 716. The van der Waals surface area contributed by atoms with Crippen LogP contribution in [0, 0.1) is 5.92 Å². The second-order valence-electron chi connectivity index (χ2n) is 6.17. The topological polar surface area (TPSA) is 64.2 Å². The van der Waals surface area contributed by atoms with Gasteiger partial charge in [-0.1, -0.05) is 31.9 Å². The molecule has 0 spiro atoms. The number of oxazole rings is 1. The van der Waals surface area contributed by atoms with Gasteiger partial charge in [0, 0.05) is 19.0 Å². The molecule has 1 amide bonds. The van der Waals surface area contributed by atoms with Gasteiger partial charge < -0.3 is 9.73 Å². The van der Waals surface area contributed by atoms with Gasteiger partial charge in [0.2, 0.25) is 5.91 Å². The van der Waals surface area contributed by atoms with Gasteiger partial charge in [0.15, 0.2) is 5.58 Å². The van der Waals surface area contributed by atoms with Crippen molar-refractivity contribution in [2.45, 2.75) is 51.6 Å². The first-order valence-corrected chi connectivity index (χ1v) is 8.03. The van der Waals surface area contributed by atoms with E-state index in [-0.39, 0.29) is 11.9 Å². The first kappa shape index (κ1) is 14.9. The molecule has 1 aliphatic carbocycles. The molecule has 1 heterocycles. The summed E-state index contributed by atoms with van der Waals surface area (Å²) in [6.07, 6.45) is 4.97. The van der Waals surface area contributed by atoms with Crippen LogP contribution in [0.4, 0.5) is 0 Å². The third-order valence-corrected chi connectivity index (χ3v) is 4.59. The molecular weight excluding hydrogens is 280 g/mol. The smallest absolute Gasteiger partial charge is 0.408 e. The molecule has 0 saturated heterocycles. The Balaban J connectivity index is 1.63. The van der Waals surface area contributed by atoms with E-state index in [0.717, 1.165) is 11.9 Å². The van der Waals surface area contributed by atoms with Crippen molar-refractivity contribution >= 4 is 17.0 Å². The highest BCUT2D eigenvalue weighted by Gasteiger charge is 2.22. The number of nitrogens with zero attached hydrogens (tertiary/aromatic N) is 1. The molecule has 2 atom stereocenters. The van der Waals surface area contributed by atoms with Crippen LogP contribution in [0.25, 0.3) is 11.1 Å². The summed E-state index contributed by atoms with van der Waals surface area (Å²) in [5, 5.41) is 3.11. The summed E-state index contributed by atoms with van der Waals surface area (Å²) in [4.78, 5) is 24.0. The highest BCUT2D eigenvalue weighted by Crippen LogP contribution is 2.23. The van der Waals surface area contributed by atoms with Gasteiger partial charge in [-0.05, 0) is 30.9 Å². The minimum absolute atomic E-state index is 0.0101. The molecule has 1 aromatic heterocycles. The number of amides is 1. The summed E-state index contributed by atoms with van der Waals surface area (Å²) in [5.74, 6) is 0.145. The summed E-state index contributed by atoms with van der Waals surface area (Å²) in [7, 11) is 0. The van der Waals surface area contributed by atoms with Crippen LogP contribution >= 0.6 is 0 Å². The molecule has 0 unspecified atom stereocenters. The van der Waals surface area contributed by atoms with Crippen molar-refractivity contribution in [1.82, 2.24) is 9.88 Å². The molecule has 0 radical (unpaired) electrons.